The molecule has 6 heteroatoms. The second-order valence-electron chi connectivity index (χ2n) is 5.92. The Morgan fingerprint density at radius 3 is 2.78 bits per heavy atom. The van der Waals surface area contributed by atoms with E-state index in [2.05, 4.69) is 20.2 Å². The number of hydrogen-bond donors (Lipinski definition) is 1. The van der Waals surface area contributed by atoms with Crippen molar-refractivity contribution in [3.05, 3.63) is 33.9 Å². The lowest BCUT2D eigenvalue weighted by atomic mass is 10.1. The minimum absolute atomic E-state index is 0.00690. The number of carbonyl (C=O) groups is 1. The lowest BCUT2D eigenvalue weighted by molar-refractivity contribution is -0.115. The van der Waals surface area contributed by atoms with Crippen molar-refractivity contribution >= 4 is 28.7 Å². The number of pyridine rings is 1. The molecule has 1 saturated heterocycles. The molecule has 0 aromatic carbocycles. The van der Waals surface area contributed by atoms with Crippen LogP contribution in [0.1, 0.15) is 34.8 Å². The molecular formula is C17H22N4OS. The van der Waals surface area contributed by atoms with Crippen molar-refractivity contribution < 1.29 is 4.79 Å². The molecule has 122 valence electrons. The SMILES string of the molecule is Cc1nc(C)c(CC(=O)Nc2ccnc(N3CCCCC3)c2)s1. The molecule has 1 N–H and O–H groups in total. The van der Waals surface area contributed by atoms with Gasteiger partial charge in [0.1, 0.15) is 5.82 Å². The molecule has 3 heterocycles. The van der Waals surface area contributed by atoms with Gasteiger partial charge in [-0.1, -0.05) is 0 Å². The maximum atomic E-state index is 12.3. The summed E-state index contributed by atoms with van der Waals surface area (Å²) in [5, 5.41) is 3.98. The summed E-state index contributed by atoms with van der Waals surface area (Å²) >= 11 is 1.59. The Balaban J connectivity index is 1.65. The third kappa shape index (κ3) is 4.07. The van der Waals surface area contributed by atoms with Gasteiger partial charge in [-0.3, -0.25) is 4.79 Å². The number of amides is 1. The van der Waals surface area contributed by atoms with Crippen LogP contribution in [-0.4, -0.2) is 29.0 Å². The van der Waals surface area contributed by atoms with Gasteiger partial charge in [0.2, 0.25) is 5.91 Å². The molecule has 3 rings (SSSR count). The van der Waals surface area contributed by atoms with Crippen LogP contribution >= 0.6 is 11.3 Å². The van der Waals surface area contributed by atoms with Crippen LogP contribution < -0.4 is 10.2 Å². The average molecular weight is 330 g/mol. The third-order valence-corrected chi connectivity index (χ3v) is 5.10. The first-order chi connectivity index (χ1) is 11.1. The van der Waals surface area contributed by atoms with Crippen LogP contribution in [0.3, 0.4) is 0 Å². The van der Waals surface area contributed by atoms with Crippen LogP contribution in [0.25, 0.3) is 0 Å². The quantitative estimate of drug-likeness (QED) is 0.934. The highest BCUT2D eigenvalue weighted by atomic mass is 32.1. The van der Waals surface area contributed by atoms with Crippen LogP contribution in [0, 0.1) is 13.8 Å². The topological polar surface area (TPSA) is 58.1 Å². The molecule has 1 fully saturated rings. The van der Waals surface area contributed by atoms with Crippen molar-refractivity contribution in [1.29, 1.82) is 0 Å². The van der Waals surface area contributed by atoms with Crippen molar-refractivity contribution in [2.24, 2.45) is 0 Å². The summed E-state index contributed by atoms with van der Waals surface area (Å²) in [4.78, 5) is 24.4. The molecule has 0 bridgehead atoms. The van der Waals surface area contributed by atoms with Gasteiger partial charge < -0.3 is 10.2 Å². The van der Waals surface area contributed by atoms with Crippen LogP contribution in [0.15, 0.2) is 18.3 Å². The number of nitrogens with zero attached hydrogens (tertiary/aromatic N) is 3. The zero-order valence-corrected chi connectivity index (χ0v) is 14.4. The highest BCUT2D eigenvalue weighted by molar-refractivity contribution is 7.11. The minimum atomic E-state index is -0.00690. The predicted molar refractivity (Wildman–Crippen MR) is 94.2 cm³/mol. The van der Waals surface area contributed by atoms with Gasteiger partial charge in [-0.05, 0) is 39.2 Å². The van der Waals surface area contributed by atoms with Crippen molar-refractivity contribution in [1.82, 2.24) is 9.97 Å². The molecule has 2 aromatic heterocycles. The maximum absolute atomic E-state index is 12.3. The Bertz CT molecular complexity index is 692. The fraction of sp³-hybridized carbons (Fsp3) is 0.471. The summed E-state index contributed by atoms with van der Waals surface area (Å²) < 4.78 is 0. The largest absolute Gasteiger partial charge is 0.357 e. The van der Waals surface area contributed by atoms with Crippen LogP contribution in [0.4, 0.5) is 11.5 Å². The van der Waals surface area contributed by atoms with Crippen molar-refractivity contribution in [2.75, 3.05) is 23.3 Å². The first-order valence-electron chi connectivity index (χ1n) is 8.05. The van der Waals surface area contributed by atoms with E-state index in [0.717, 1.165) is 40.2 Å². The minimum Gasteiger partial charge on any atom is -0.357 e. The first-order valence-corrected chi connectivity index (χ1v) is 8.87. The number of piperidine rings is 1. The van der Waals surface area contributed by atoms with E-state index in [1.165, 1.54) is 19.3 Å². The molecule has 23 heavy (non-hydrogen) atoms. The molecule has 0 aliphatic carbocycles. The zero-order valence-electron chi connectivity index (χ0n) is 13.6. The van der Waals surface area contributed by atoms with Gasteiger partial charge in [0, 0.05) is 35.9 Å². The van der Waals surface area contributed by atoms with Gasteiger partial charge in [0.25, 0.3) is 0 Å². The predicted octanol–water partition coefficient (Wildman–Crippen LogP) is 3.33. The van der Waals surface area contributed by atoms with Gasteiger partial charge in [-0.2, -0.15) is 0 Å². The average Bonchev–Trinajstić information content (AvgIpc) is 2.86. The molecule has 0 radical (unpaired) electrons. The molecule has 1 amide bonds. The molecule has 0 spiro atoms. The van der Waals surface area contributed by atoms with Crippen molar-refractivity contribution in [3.63, 3.8) is 0 Å². The van der Waals surface area contributed by atoms with E-state index in [1.54, 1.807) is 17.5 Å². The number of carbonyl (C=O) groups excluding carboxylic acids is 1. The molecule has 5 nitrogen and oxygen atoms in total. The van der Waals surface area contributed by atoms with Crippen molar-refractivity contribution in [2.45, 2.75) is 39.5 Å². The fourth-order valence-corrected chi connectivity index (χ4v) is 3.82. The summed E-state index contributed by atoms with van der Waals surface area (Å²) in [6.07, 6.45) is 5.85. The van der Waals surface area contributed by atoms with Crippen molar-refractivity contribution in [3.8, 4) is 0 Å². The number of thiazole rings is 1. The Morgan fingerprint density at radius 2 is 2.09 bits per heavy atom. The zero-order chi connectivity index (χ0) is 16.2. The number of nitrogens with one attached hydrogen (secondary N) is 1. The molecule has 0 unspecified atom stereocenters. The summed E-state index contributed by atoms with van der Waals surface area (Å²) in [7, 11) is 0. The normalized spacial score (nSPS) is 14.8. The molecule has 0 saturated carbocycles. The highest BCUT2D eigenvalue weighted by Crippen LogP contribution is 2.22. The number of aromatic nitrogens is 2. The van der Waals surface area contributed by atoms with E-state index in [4.69, 9.17) is 0 Å². The fourth-order valence-electron chi connectivity index (χ4n) is 2.88. The van der Waals surface area contributed by atoms with E-state index in [0.29, 0.717) is 6.42 Å². The van der Waals surface area contributed by atoms with Gasteiger partial charge >= 0.3 is 0 Å². The van der Waals surface area contributed by atoms with E-state index in [9.17, 15) is 4.79 Å². The molecule has 1 aliphatic rings. The van der Waals surface area contributed by atoms with Crippen LogP contribution in [0.2, 0.25) is 0 Å². The highest BCUT2D eigenvalue weighted by Gasteiger charge is 2.14. The molecule has 2 aromatic rings. The summed E-state index contributed by atoms with van der Waals surface area (Å²) in [6.45, 7) is 6.01. The second-order valence-corrected chi connectivity index (χ2v) is 7.20. The molecule has 1 aliphatic heterocycles. The Labute approximate surface area is 140 Å². The first kappa shape index (κ1) is 15.9. The molecule has 0 atom stereocenters. The standard InChI is InChI=1S/C17H22N4OS/c1-12-15(23-13(2)19-12)11-17(22)20-14-6-7-18-16(10-14)21-8-4-3-5-9-21/h6-7,10H,3-5,8-9,11H2,1-2H3,(H,18,20,22). The number of rotatable bonds is 4. The lowest BCUT2D eigenvalue weighted by Gasteiger charge is -2.27. The van der Waals surface area contributed by atoms with E-state index in [-0.39, 0.29) is 5.91 Å². The third-order valence-electron chi connectivity index (χ3n) is 4.03. The Kier molecular flexibility index (Phi) is 4.91. The monoisotopic (exact) mass is 330 g/mol. The van der Waals surface area contributed by atoms with Crippen LogP contribution in [-0.2, 0) is 11.2 Å². The summed E-state index contributed by atoms with van der Waals surface area (Å²) in [5.41, 5.74) is 1.76. The van der Waals surface area contributed by atoms with Gasteiger partial charge in [0.05, 0.1) is 17.1 Å². The van der Waals surface area contributed by atoms with Crippen LogP contribution in [0.5, 0.6) is 0 Å². The summed E-state index contributed by atoms with van der Waals surface area (Å²) in [6, 6.07) is 3.81. The lowest BCUT2D eigenvalue weighted by Crippen LogP contribution is -2.30. The van der Waals surface area contributed by atoms with E-state index in [1.807, 2.05) is 26.0 Å². The Hall–Kier alpha value is -1.95. The Morgan fingerprint density at radius 1 is 1.30 bits per heavy atom. The smallest absolute Gasteiger partial charge is 0.229 e. The van der Waals surface area contributed by atoms with E-state index >= 15 is 0 Å². The maximum Gasteiger partial charge on any atom is 0.229 e. The number of aryl methyl sites for hydroxylation is 2. The van der Waals surface area contributed by atoms with Gasteiger partial charge in [-0.15, -0.1) is 11.3 Å². The summed E-state index contributed by atoms with van der Waals surface area (Å²) in [5.74, 6) is 0.944. The second kappa shape index (κ2) is 7.08. The van der Waals surface area contributed by atoms with E-state index < -0.39 is 0 Å². The van der Waals surface area contributed by atoms with Gasteiger partial charge in [0.15, 0.2) is 0 Å². The number of anilines is 2. The number of hydrogen-bond acceptors (Lipinski definition) is 5. The molecular weight excluding hydrogens is 308 g/mol. The van der Waals surface area contributed by atoms with Gasteiger partial charge in [-0.25, -0.2) is 9.97 Å².